The number of Topliss-reactive ketones (excluding diaryl/α,β-unsaturated/α-hetero) is 1. The van der Waals surface area contributed by atoms with Crippen molar-refractivity contribution in [2.24, 2.45) is 0 Å². The number of carbonyl (C=O) groups excluding carboxylic acids is 1. The Hall–Kier alpha value is -1.84. The predicted octanol–water partition coefficient (Wildman–Crippen LogP) is 1.97. The first-order valence-electron chi connectivity index (χ1n) is 7.51. The van der Waals surface area contributed by atoms with Crippen LogP contribution >= 0.6 is 11.3 Å². The molecule has 0 atom stereocenters. The van der Waals surface area contributed by atoms with Gasteiger partial charge >= 0.3 is 0 Å². The second kappa shape index (κ2) is 6.96. The summed E-state index contributed by atoms with van der Waals surface area (Å²) in [7, 11) is -3.60. The highest BCUT2D eigenvalue weighted by atomic mass is 32.2. The van der Waals surface area contributed by atoms with E-state index in [1.54, 1.807) is 17.6 Å². The first-order valence-corrected chi connectivity index (χ1v) is 9.83. The van der Waals surface area contributed by atoms with Crippen molar-refractivity contribution in [1.29, 1.82) is 0 Å². The van der Waals surface area contributed by atoms with Crippen LogP contribution in [0.4, 0.5) is 0 Å². The zero-order valence-electron chi connectivity index (χ0n) is 13.1. The molecule has 0 spiro atoms. The maximum absolute atomic E-state index is 12.7. The largest absolute Gasteiger partial charge is 0.466 e. The van der Waals surface area contributed by atoms with E-state index in [-0.39, 0.29) is 16.8 Å². The van der Waals surface area contributed by atoms with E-state index in [0.717, 1.165) is 0 Å². The highest BCUT2D eigenvalue weighted by Crippen LogP contribution is 2.24. The molecule has 1 aromatic heterocycles. The lowest BCUT2D eigenvalue weighted by Crippen LogP contribution is -2.41. The molecule has 0 N–H and O–H groups in total. The fourth-order valence-corrected chi connectivity index (χ4v) is 4.56. The van der Waals surface area contributed by atoms with Crippen molar-refractivity contribution < 1.29 is 17.9 Å². The maximum atomic E-state index is 12.7. The lowest BCUT2D eigenvalue weighted by Gasteiger charge is -2.30. The quantitative estimate of drug-likeness (QED) is 0.751. The van der Waals surface area contributed by atoms with Crippen molar-refractivity contribution in [1.82, 2.24) is 14.5 Å². The zero-order chi connectivity index (χ0) is 17.2. The van der Waals surface area contributed by atoms with Crippen molar-refractivity contribution >= 4 is 27.1 Å². The summed E-state index contributed by atoms with van der Waals surface area (Å²) in [5, 5.41) is 8.05. The van der Waals surface area contributed by atoms with Crippen molar-refractivity contribution in [3.05, 3.63) is 35.3 Å². The van der Waals surface area contributed by atoms with Gasteiger partial charge in [0, 0.05) is 18.7 Å². The van der Waals surface area contributed by atoms with Gasteiger partial charge in [0.2, 0.25) is 10.0 Å². The SMILES string of the molecule is CC(=O)c1cccc(S(=O)(=O)N2CCC(Oc3nncs3)CC2)c1. The minimum absolute atomic E-state index is 0.0621. The van der Waals surface area contributed by atoms with Gasteiger partial charge in [0.05, 0.1) is 4.90 Å². The van der Waals surface area contributed by atoms with Crippen LogP contribution in [-0.4, -0.2) is 47.9 Å². The summed E-state index contributed by atoms with van der Waals surface area (Å²) in [6.45, 7) is 2.16. The first-order chi connectivity index (χ1) is 11.5. The molecule has 2 aromatic rings. The van der Waals surface area contributed by atoms with Crippen LogP contribution in [0.1, 0.15) is 30.1 Å². The minimum Gasteiger partial charge on any atom is -0.466 e. The molecule has 1 aliphatic heterocycles. The van der Waals surface area contributed by atoms with Gasteiger partial charge in [-0.15, -0.1) is 10.2 Å². The van der Waals surface area contributed by atoms with Gasteiger partial charge in [-0.3, -0.25) is 4.79 Å². The molecule has 128 valence electrons. The number of rotatable bonds is 5. The van der Waals surface area contributed by atoms with Crippen LogP contribution in [0.2, 0.25) is 0 Å². The fraction of sp³-hybridized carbons (Fsp3) is 0.400. The average Bonchev–Trinajstić information content (AvgIpc) is 3.08. The molecule has 0 radical (unpaired) electrons. The smallest absolute Gasteiger partial charge is 0.294 e. The number of ether oxygens (including phenoxy) is 1. The topological polar surface area (TPSA) is 89.5 Å². The van der Waals surface area contributed by atoms with Crippen LogP contribution in [0.15, 0.2) is 34.7 Å². The van der Waals surface area contributed by atoms with Gasteiger partial charge in [0.25, 0.3) is 5.19 Å². The van der Waals surface area contributed by atoms with Gasteiger partial charge in [0.1, 0.15) is 11.6 Å². The number of carbonyl (C=O) groups is 1. The number of benzene rings is 1. The number of nitrogens with zero attached hydrogens (tertiary/aromatic N) is 3. The molecule has 3 rings (SSSR count). The van der Waals surface area contributed by atoms with Crippen LogP contribution in [0, 0.1) is 0 Å². The molecule has 1 saturated heterocycles. The third kappa shape index (κ3) is 3.63. The van der Waals surface area contributed by atoms with Crippen LogP contribution in [0.3, 0.4) is 0 Å². The van der Waals surface area contributed by atoms with Crippen molar-refractivity contribution in [3.8, 4) is 5.19 Å². The summed E-state index contributed by atoms with van der Waals surface area (Å²) < 4.78 is 32.6. The molecule has 0 saturated carbocycles. The molecular formula is C15H17N3O4S2. The van der Waals surface area contributed by atoms with Gasteiger partial charge < -0.3 is 4.74 Å². The monoisotopic (exact) mass is 367 g/mol. The Bertz CT molecular complexity index is 813. The van der Waals surface area contributed by atoms with Gasteiger partial charge in [-0.25, -0.2) is 8.42 Å². The molecule has 0 unspecified atom stereocenters. The van der Waals surface area contributed by atoms with Crippen LogP contribution in [0.25, 0.3) is 0 Å². The highest BCUT2D eigenvalue weighted by molar-refractivity contribution is 7.89. The number of hydrogen-bond donors (Lipinski definition) is 0. The molecule has 1 aromatic carbocycles. The Morgan fingerprint density at radius 2 is 2.08 bits per heavy atom. The van der Waals surface area contributed by atoms with E-state index in [4.69, 9.17) is 4.74 Å². The van der Waals surface area contributed by atoms with Crippen molar-refractivity contribution in [3.63, 3.8) is 0 Å². The number of aromatic nitrogens is 2. The van der Waals surface area contributed by atoms with Crippen molar-refractivity contribution in [2.45, 2.75) is 30.8 Å². The maximum Gasteiger partial charge on any atom is 0.294 e. The molecule has 0 amide bonds. The van der Waals surface area contributed by atoms with Gasteiger partial charge in [-0.1, -0.05) is 23.5 Å². The number of ketones is 1. The van der Waals surface area contributed by atoms with Crippen LogP contribution in [0.5, 0.6) is 5.19 Å². The summed E-state index contributed by atoms with van der Waals surface area (Å²) in [4.78, 5) is 11.6. The first kappa shape index (κ1) is 17.0. The van der Waals surface area contributed by atoms with Crippen LogP contribution in [-0.2, 0) is 10.0 Å². The molecule has 1 aliphatic rings. The van der Waals surface area contributed by atoms with E-state index < -0.39 is 10.0 Å². The average molecular weight is 367 g/mol. The third-order valence-electron chi connectivity index (χ3n) is 3.89. The second-order valence-corrected chi connectivity index (χ2v) is 8.24. The van der Waals surface area contributed by atoms with E-state index >= 15 is 0 Å². The van der Waals surface area contributed by atoms with Crippen LogP contribution < -0.4 is 4.74 Å². The van der Waals surface area contributed by atoms with Gasteiger partial charge in [0.15, 0.2) is 5.78 Å². The third-order valence-corrected chi connectivity index (χ3v) is 6.36. The summed E-state index contributed by atoms with van der Waals surface area (Å²) in [6, 6.07) is 6.16. The standard InChI is InChI=1S/C15H17N3O4S2/c1-11(19)12-3-2-4-14(9-12)24(20,21)18-7-5-13(6-8-18)22-15-17-16-10-23-15/h2-4,9-10,13H,5-8H2,1H3. The summed E-state index contributed by atoms with van der Waals surface area (Å²) in [6.07, 6.45) is 1.11. The Balaban J connectivity index is 1.68. The Labute approximate surface area is 144 Å². The van der Waals surface area contributed by atoms with Gasteiger partial charge in [-0.2, -0.15) is 4.31 Å². The minimum atomic E-state index is -3.60. The normalized spacial score (nSPS) is 16.9. The Kier molecular flexibility index (Phi) is 4.93. The van der Waals surface area contributed by atoms with Gasteiger partial charge in [-0.05, 0) is 31.9 Å². The van der Waals surface area contributed by atoms with E-state index in [0.29, 0.717) is 36.7 Å². The predicted molar refractivity (Wildman–Crippen MR) is 88.8 cm³/mol. The lowest BCUT2D eigenvalue weighted by atomic mass is 10.1. The van der Waals surface area contributed by atoms with E-state index in [2.05, 4.69) is 10.2 Å². The molecule has 0 bridgehead atoms. The molecule has 0 aliphatic carbocycles. The lowest BCUT2D eigenvalue weighted by molar-refractivity contribution is 0.101. The summed E-state index contributed by atoms with van der Waals surface area (Å²) in [5.74, 6) is -0.156. The molecule has 1 fully saturated rings. The molecular weight excluding hydrogens is 350 g/mol. The Morgan fingerprint density at radius 1 is 1.33 bits per heavy atom. The molecule has 2 heterocycles. The number of sulfonamides is 1. The zero-order valence-corrected chi connectivity index (χ0v) is 14.7. The second-order valence-electron chi connectivity index (χ2n) is 5.51. The molecule has 9 heteroatoms. The summed E-state index contributed by atoms with van der Waals surface area (Å²) >= 11 is 1.32. The molecule has 24 heavy (non-hydrogen) atoms. The van der Waals surface area contributed by atoms with E-state index in [9.17, 15) is 13.2 Å². The van der Waals surface area contributed by atoms with E-state index in [1.807, 2.05) is 0 Å². The fourth-order valence-electron chi connectivity index (χ4n) is 2.57. The Morgan fingerprint density at radius 3 is 2.71 bits per heavy atom. The summed E-state index contributed by atoms with van der Waals surface area (Å²) in [5.41, 5.74) is 1.99. The highest BCUT2D eigenvalue weighted by Gasteiger charge is 2.30. The van der Waals surface area contributed by atoms with E-state index in [1.165, 1.54) is 34.7 Å². The number of hydrogen-bond acceptors (Lipinski definition) is 7. The number of piperidine rings is 1. The molecule has 7 nitrogen and oxygen atoms in total. The van der Waals surface area contributed by atoms with Crippen molar-refractivity contribution in [2.75, 3.05) is 13.1 Å².